The minimum atomic E-state index is -1.53. The number of carbonyl (C=O) groups is 3. The predicted octanol–water partition coefficient (Wildman–Crippen LogP) is 10.3. The Morgan fingerprint density at radius 1 is 0.531 bits per heavy atom. The molecule has 0 unspecified atom stereocenters. The molecule has 0 radical (unpaired) electrons. The van der Waals surface area contributed by atoms with Crippen molar-refractivity contribution in [3.63, 3.8) is 0 Å². The zero-order valence-electron chi connectivity index (χ0n) is 36.6. The van der Waals surface area contributed by atoms with Gasteiger partial charge in [0.25, 0.3) is 0 Å². The van der Waals surface area contributed by atoms with Crippen molar-refractivity contribution in [3.05, 3.63) is 191 Å². The average Bonchev–Trinajstić information content (AvgIpc) is 3.29. The van der Waals surface area contributed by atoms with Crippen LogP contribution in [0.25, 0.3) is 11.1 Å². The first-order valence-electron chi connectivity index (χ1n) is 21.2. The second-order valence-corrected chi connectivity index (χ2v) is 22.2. The van der Waals surface area contributed by atoms with Gasteiger partial charge in [-0.05, 0) is 74.8 Å². The summed E-state index contributed by atoms with van der Waals surface area (Å²) in [6.07, 6.45) is -0.548. The van der Waals surface area contributed by atoms with E-state index < -0.39 is 38.2 Å². The Kier molecular flexibility index (Phi) is 18.6. The lowest BCUT2D eigenvalue weighted by Gasteiger charge is -2.22. The monoisotopic (exact) mass is 900 g/mol. The van der Waals surface area contributed by atoms with Crippen molar-refractivity contribution in [2.75, 3.05) is 6.61 Å². The van der Waals surface area contributed by atoms with Crippen molar-refractivity contribution in [3.8, 4) is 22.6 Å². The zero-order chi connectivity index (χ0) is 44.4. The van der Waals surface area contributed by atoms with E-state index in [2.05, 4.69) is 25.0 Å². The van der Waals surface area contributed by atoms with E-state index in [-0.39, 0.29) is 51.7 Å². The van der Waals surface area contributed by atoms with Crippen LogP contribution in [0, 0.1) is 0 Å². The lowest BCUT2D eigenvalue weighted by atomic mass is 9.95. The number of halogens is 1. The van der Waals surface area contributed by atoms with Gasteiger partial charge in [-0.2, -0.15) is 0 Å². The fourth-order valence-corrected chi connectivity index (χ4v) is 7.34. The van der Waals surface area contributed by atoms with Crippen molar-refractivity contribution < 1.29 is 38.1 Å². The van der Waals surface area contributed by atoms with Gasteiger partial charge in [0.2, 0.25) is 0 Å². The molecule has 10 nitrogen and oxygen atoms in total. The highest BCUT2D eigenvalue weighted by Crippen LogP contribution is 2.33. The van der Waals surface area contributed by atoms with Crippen LogP contribution in [0.5, 0.6) is 11.5 Å². The molecule has 0 spiro atoms. The van der Waals surface area contributed by atoms with Gasteiger partial charge in [-0.15, -0.1) is 12.4 Å². The zero-order valence-corrected chi connectivity index (χ0v) is 38.4. The summed E-state index contributed by atoms with van der Waals surface area (Å²) in [4.78, 5) is 40.3. The highest BCUT2D eigenvalue weighted by atomic mass is 35.5. The van der Waals surface area contributed by atoms with Crippen molar-refractivity contribution in [1.82, 2.24) is 5.32 Å². The van der Waals surface area contributed by atoms with Crippen molar-refractivity contribution >= 4 is 38.5 Å². The number of alkyl carbamates (subject to hydrolysis) is 1. The quantitative estimate of drug-likeness (QED) is 0.0411. The number of carbonyl (C=O) groups excluding carboxylic acids is 3. The smallest absolute Gasteiger partial charge is 0.408 e. The summed E-state index contributed by atoms with van der Waals surface area (Å²) < 4.78 is 29.7. The number of esters is 2. The second kappa shape index (κ2) is 24.4. The van der Waals surface area contributed by atoms with Gasteiger partial charge in [-0.3, -0.25) is 4.79 Å². The molecule has 6 rings (SSSR count). The SMILES string of the molecule is C[Si](C)(C)CCOC(=O)[C@H](Cc1cc(-c2ccc(OCc3ccccc3)c(C[C@H](N)C(=O)OCc3ccccc3)c2)ccc1OCc1ccccc1)NC(=O)OCc1ccccc1.Cl. The molecule has 0 aliphatic carbocycles. The summed E-state index contributed by atoms with van der Waals surface area (Å²) in [6, 6.07) is 48.6. The van der Waals surface area contributed by atoms with Gasteiger partial charge >= 0.3 is 18.0 Å². The van der Waals surface area contributed by atoms with Gasteiger partial charge < -0.3 is 34.7 Å². The first-order valence-corrected chi connectivity index (χ1v) is 24.9. The third-order valence-corrected chi connectivity index (χ3v) is 11.9. The molecule has 1 amide bonds. The molecule has 0 heterocycles. The van der Waals surface area contributed by atoms with Gasteiger partial charge in [0, 0.05) is 20.9 Å². The molecule has 0 saturated carbocycles. The lowest BCUT2D eigenvalue weighted by molar-refractivity contribution is -0.147. The second-order valence-electron chi connectivity index (χ2n) is 16.5. The molecule has 0 aromatic heterocycles. The van der Waals surface area contributed by atoms with Crippen LogP contribution < -0.4 is 20.5 Å². The van der Waals surface area contributed by atoms with Gasteiger partial charge in [0.05, 0.1) is 6.61 Å². The van der Waals surface area contributed by atoms with E-state index in [0.717, 1.165) is 39.4 Å². The lowest BCUT2D eigenvalue weighted by Crippen LogP contribution is -2.44. The predicted molar refractivity (Wildman–Crippen MR) is 255 cm³/mol. The van der Waals surface area contributed by atoms with Crippen molar-refractivity contribution in [1.29, 1.82) is 0 Å². The molecule has 3 N–H and O–H groups in total. The standard InChI is InChI=1S/C52H56N2O8Si.ClH/c1-63(2,3)29-28-58-51(56)47(54-52(57)62-37-41-22-14-7-15-23-41)33-45-31-43(25-27-49(45)60-35-39-18-10-5-11-19-39)42-24-26-48(59-34-38-16-8-4-9-17-38)44(30-42)32-46(53)50(55)61-36-40-20-12-6-13-21-40;/h4-27,30-31,46-47H,28-29,32-37,53H2,1-3H3,(H,54,57);1H/t46-,47-;/m0./s1. The number of ether oxygens (including phenoxy) is 5. The van der Waals surface area contributed by atoms with Crippen molar-refractivity contribution in [2.45, 2.75) is 77.0 Å². The maximum Gasteiger partial charge on any atom is 0.408 e. The molecule has 0 aliphatic heterocycles. The number of hydrogen-bond acceptors (Lipinski definition) is 9. The average molecular weight is 902 g/mol. The Balaban J connectivity index is 0.00000771. The molecule has 2 atom stereocenters. The van der Waals surface area contributed by atoms with E-state index in [9.17, 15) is 14.4 Å². The molecule has 0 fully saturated rings. The fraction of sp³-hybridized carbons (Fsp3) is 0.250. The van der Waals surface area contributed by atoms with E-state index in [1.807, 2.05) is 158 Å². The first-order chi connectivity index (χ1) is 30.5. The van der Waals surface area contributed by atoms with Crippen LogP contribution >= 0.6 is 12.4 Å². The van der Waals surface area contributed by atoms with Crippen molar-refractivity contribution in [2.24, 2.45) is 5.73 Å². The summed E-state index contributed by atoms with van der Waals surface area (Å²) in [5.41, 5.74) is 13.1. The maximum absolute atomic E-state index is 13.8. The molecule has 0 saturated heterocycles. The van der Waals surface area contributed by atoms with E-state index in [4.69, 9.17) is 29.4 Å². The number of nitrogens with one attached hydrogen (secondary N) is 1. The molecular formula is C52H57ClN2O8Si. The van der Waals surface area contributed by atoms with E-state index >= 15 is 0 Å². The highest BCUT2D eigenvalue weighted by molar-refractivity contribution is 6.76. The maximum atomic E-state index is 13.8. The van der Waals surface area contributed by atoms with Gasteiger partial charge in [0.15, 0.2) is 0 Å². The number of rotatable bonds is 21. The Bertz CT molecular complexity index is 2380. The van der Waals surface area contributed by atoms with Gasteiger partial charge in [0.1, 0.15) is 50.0 Å². The number of benzene rings is 6. The van der Waals surface area contributed by atoms with Crippen LogP contribution in [0.2, 0.25) is 25.7 Å². The molecule has 64 heavy (non-hydrogen) atoms. The molecule has 334 valence electrons. The summed E-state index contributed by atoms with van der Waals surface area (Å²) in [7, 11) is -1.53. The van der Waals surface area contributed by atoms with E-state index in [1.165, 1.54) is 0 Å². The van der Waals surface area contributed by atoms with Crippen LogP contribution in [0.3, 0.4) is 0 Å². The first kappa shape index (κ1) is 48.6. The third-order valence-electron chi connectivity index (χ3n) is 10.2. The van der Waals surface area contributed by atoms with Gasteiger partial charge in [-0.1, -0.05) is 153 Å². The van der Waals surface area contributed by atoms with Crippen LogP contribution in [0.1, 0.15) is 33.4 Å². The van der Waals surface area contributed by atoms with Gasteiger partial charge in [-0.25, -0.2) is 9.59 Å². The van der Waals surface area contributed by atoms with Crippen LogP contribution in [0.15, 0.2) is 158 Å². The number of nitrogens with two attached hydrogens (primary N) is 1. The number of amides is 1. The van der Waals surface area contributed by atoms with Crippen LogP contribution in [-0.4, -0.2) is 44.8 Å². The minimum absolute atomic E-state index is 0. The summed E-state index contributed by atoms with van der Waals surface area (Å²) in [5.74, 6) is 0.0159. The Morgan fingerprint density at radius 3 is 1.41 bits per heavy atom. The summed E-state index contributed by atoms with van der Waals surface area (Å²) >= 11 is 0. The van der Waals surface area contributed by atoms with E-state index in [0.29, 0.717) is 29.2 Å². The summed E-state index contributed by atoms with van der Waals surface area (Å²) in [5, 5.41) is 2.79. The summed E-state index contributed by atoms with van der Waals surface area (Å²) in [6.45, 7) is 7.60. The highest BCUT2D eigenvalue weighted by Gasteiger charge is 2.27. The Hall–Kier alpha value is -6.40. The molecule has 6 aromatic rings. The van der Waals surface area contributed by atoms with E-state index in [1.54, 1.807) is 0 Å². The topological polar surface area (TPSA) is 135 Å². The minimum Gasteiger partial charge on any atom is -0.489 e. The molecular weight excluding hydrogens is 844 g/mol. The molecule has 0 aliphatic rings. The molecule has 6 aromatic carbocycles. The third kappa shape index (κ3) is 15.7. The molecule has 12 heteroatoms. The Morgan fingerprint density at radius 2 is 0.953 bits per heavy atom. The Labute approximate surface area is 383 Å². The number of hydrogen-bond donors (Lipinski definition) is 2. The van der Waals surface area contributed by atoms with Crippen LogP contribution in [-0.2, 0) is 63.1 Å². The largest absolute Gasteiger partial charge is 0.489 e. The van der Waals surface area contributed by atoms with Crippen LogP contribution in [0.4, 0.5) is 4.79 Å². The molecule has 0 bridgehead atoms. The fourth-order valence-electron chi connectivity index (χ4n) is 6.62. The normalized spacial score (nSPS) is 11.9.